The summed E-state index contributed by atoms with van der Waals surface area (Å²) >= 11 is 0. The van der Waals surface area contributed by atoms with Crippen LogP contribution in [0.5, 0.6) is 0 Å². The van der Waals surface area contributed by atoms with Gasteiger partial charge in [-0.1, -0.05) is 31.2 Å². The molecule has 152 valence electrons. The molecule has 30 heavy (non-hydrogen) atoms. The molecule has 1 atom stereocenters. The van der Waals surface area contributed by atoms with Crippen molar-refractivity contribution in [2.24, 2.45) is 0 Å². The molecule has 0 bridgehead atoms. The van der Waals surface area contributed by atoms with Gasteiger partial charge in [0.15, 0.2) is 0 Å². The van der Waals surface area contributed by atoms with Gasteiger partial charge < -0.3 is 10.3 Å². The molecular weight excluding hydrogens is 382 g/mol. The van der Waals surface area contributed by atoms with E-state index >= 15 is 0 Å². The second-order valence-electron chi connectivity index (χ2n) is 7.42. The van der Waals surface area contributed by atoms with E-state index < -0.39 is 11.3 Å². The molecule has 3 N–H and O–H groups in total. The van der Waals surface area contributed by atoms with Crippen LogP contribution < -0.4 is 16.1 Å². The number of rotatable bonds is 4. The molecule has 1 saturated heterocycles. The highest BCUT2D eigenvalue weighted by Crippen LogP contribution is 2.36. The summed E-state index contributed by atoms with van der Waals surface area (Å²) < 4.78 is 0. The number of H-pyrrole nitrogens is 1. The quantitative estimate of drug-likeness (QED) is 0.582. The van der Waals surface area contributed by atoms with Crippen LogP contribution in [0, 0.1) is 0 Å². The summed E-state index contributed by atoms with van der Waals surface area (Å²) in [7, 11) is 0. The lowest BCUT2D eigenvalue weighted by atomic mass is 9.72. The lowest BCUT2D eigenvalue weighted by Crippen LogP contribution is -2.51. The molecule has 7 nitrogen and oxygen atoms in total. The van der Waals surface area contributed by atoms with Gasteiger partial charge in [0.2, 0.25) is 17.2 Å². The minimum absolute atomic E-state index is 0.0213. The number of nitrogens with one attached hydrogen (secondary N) is 3. The van der Waals surface area contributed by atoms with Gasteiger partial charge in [0.25, 0.3) is 5.91 Å². The number of pyridine rings is 1. The monoisotopic (exact) mass is 403 g/mol. The predicted molar refractivity (Wildman–Crippen MR) is 113 cm³/mol. The molecule has 0 radical (unpaired) electrons. The van der Waals surface area contributed by atoms with Gasteiger partial charge in [-0.2, -0.15) is 0 Å². The predicted octanol–water partition coefficient (Wildman–Crippen LogP) is 2.86. The number of hydrogen-bond acceptors (Lipinski definition) is 4. The molecule has 2 heterocycles. The number of hydrogen-bond donors (Lipinski definition) is 3. The Balaban J connectivity index is 1.57. The van der Waals surface area contributed by atoms with Gasteiger partial charge in [-0.15, -0.1) is 0 Å². The van der Waals surface area contributed by atoms with E-state index in [9.17, 15) is 19.2 Å². The molecule has 0 aliphatic carbocycles. The van der Waals surface area contributed by atoms with Crippen LogP contribution >= 0.6 is 0 Å². The van der Waals surface area contributed by atoms with Crippen LogP contribution in [0.3, 0.4) is 0 Å². The first-order chi connectivity index (χ1) is 14.4. The number of carbonyl (C=O) groups excluding carboxylic acids is 3. The summed E-state index contributed by atoms with van der Waals surface area (Å²) in [6, 6.07) is 14.0. The van der Waals surface area contributed by atoms with Crippen molar-refractivity contribution in [2.75, 3.05) is 5.32 Å². The van der Waals surface area contributed by atoms with Gasteiger partial charge in [-0.3, -0.25) is 24.5 Å². The molecular formula is C23H21N3O4. The van der Waals surface area contributed by atoms with Crippen molar-refractivity contribution >= 4 is 34.3 Å². The lowest BCUT2D eigenvalue weighted by Gasteiger charge is -2.35. The van der Waals surface area contributed by atoms with Crippen molar-refractivity contribution in [3.63, 3.8) is 0 Å². The number of aromatic amines is 1. The highest BCUT2D eigenvalue weighted by molar-refractivity contribution is 6.06. The first-order valence-corrected chi connectivity index (χ1v) is 9.81. The van der Waals surface area contributed by atoms with E-state index in [1.165, 1.54) is 6.20 Å². The summed E-state index contributed by atoms with van der Waals surface area (Å²) in [5.41, 5.74) is 0.884. The van der Waals surface area contributed by atoms with Crippen molar-refractivity contribution in [1.82, 2.24) is 10.3 Å². The minimum Gasteiger partial charge on any atom is -0.360 e. The molecule has 3 aromatic rings. The average molecular weight is 403 g/mol. The smallest absolute Gasteiger partial charge is 0.261 e. The van der Waals surface area contributed by atoms with Crippen LogP contribution in [0.25, 0.3) is 10.9 Å². The van der Waals surface area contributed by atoms with Crippen LogP contribution in [0.1, 0.15) is 42.1 Å². The Labute approximate surface area is 172 Å². The molecule has 1 fully saturated rings. The topological polar surface area (TPSA) is 108 Å². The fourth-order valence-electron chi connectivity index (χ4n) is 3.97. The second-order valence-corrected chi connectivity index (χ2v) is 7.42. The van der Waals surface area contributed by atoms with Crippen molar-refractivity contribution in [3.8, 4) is 0 Å². The van der Waals surface area contributed by atoms with Gasteiger partial charge in [0.05, 0.1) is 5.41 Å². The fraction of sp³-hybridized carbons (Fsp3) is 0.217. The standard InChI is InChI=1S/C23H21N3O4/c1-2-23(12-11-19(27)26-22(23)30)14-7-9-15(10-8-14)25-21(29)17-13-24-18-6-4-3-5-16(18)20(17)28/h3-10,13H,2,11-12H2,1H3,(H,24,28)(H,25,29)(H,26,27,30). The zero-order valence-corrected chi connectivity index (χ0v) is 16.5. The van der Waals surface area contributed by atoms with Gasteiger partial charge >= 0.3 is 0 Å². The highest BCUT2D eigenvalue weighted by atomic mass is 16.2. The van der Waals surface area contributed by atoms with Crippen molar-refractivity contribution in [3.05, 3.63) is 76.1 Å². The Hall–Kier alpha value is -3.74. The summed E-state index contributed by atoms with van der Waals surface area (Å²) in [5.74, 6) is -1.06. The molecule has 1 unspecified atom stereocenters. The van der Waals surface area contributed by atoms with E-state index in [0.717, 1.165) is 5.56 Å². The van der Waals surface area contributed by atoms with E-state index in [1.807, 2.05) is 13.0 Å². The number of carbonyl (C=O) groups is 3. The Morgan fingerprint density at radius 1 is 1.07 bits per heavy atom. The molecule has 1 aliphatic rings. The van der Waals surface area contributed by atoms with E-state index in [-0.39, 0.29) is 22.8 Å². The summed E-state index contributed by atoms with van der Waals surface area (Å²) in [6.07, 6.45) is 2.71. The van der Waals surface area contributed by atoms with Crippen LogP contribution in [-0.4, -0.2) is 22.7 Å². The number of imide groups is 1. The van der Waals surface area contributed by atoms with Gasteiger partial charge in [-0.25, -0.2) is 0 Å². The Bertz CT molecular complexity index is 1210. The highest BCUT2D eigenvalue weighted by Gasteiger charge is 2.42. The molecule has 0 saturated carbocycles. The van der Waals surface area contributed by atoms with E-state index in [0.29, 0.717) is 35.9 Å². The maximum atomic E-state index is 12.6. The molecule has 1 aromatic heterocycles. The molecule has 2 aromatic carbocycles. The largest absolute Gasteiger partial charge is 0.360 e. The lowest BCUT2D eigenvalue weighted by molar-refractivity contribution is -0.138. The number of piperidine rings is 1. The normalized spacial score (nSPS) is 18.8. The SMILES string of the molecule is CCC1(c2ccc(NC(=O)c3c[nH]c4ccccc4c3=O)cc2)CCC(=O)NC1=O. The number of anilines is 1. The van der Waals surface area contributed by atoms with Crippen LogP contribution in [-0.2, 0) is 15.0 Å². The average Bonchev–Trinajstić information content (AvgIpc) is 2.75. The Morgan fingerprint density at radius 3 is 2.50 bits per heavy atom. The number of benzene rings is 2. The van der Waals surface area contributed by atoms with E-state index in [4.69, 9.17) is 0 Å². The van der Waals surface area contributed by atoms with Crippen LogP contribution in [0.4, 0.5) is 5.69 Å². The number of para-hydroxylation sites is 1. The van der Waals surface area contributed by atoms with Crippen molar-refractivity contribution in [2.45, 2.75) is 31.6 Å². The summed E-state index contributed by atoms with van der Waals surface area (Å²) in [5, 5.41) is 5.60. The third-order valence-electron chi connectivity index (χ3n) is 5.80. The minimum atomic E-state index is -0.758. The van der Waals surface area contributed by atoms with Gasteiger partial charge in [0, 0.05) is 29.2 Å². The van der Waals surface area contributed by atoms with Gasteiger partial charge in [0.1, 0.15) is 5.56 Å². The zero-order chi connectivity index (χ0) is 21.3. The summed E-state index contributed by atoms with van der Waals surface area (Å²) in [6.45, 7) is 1.91. The van der Waals surface area contributed by atoms with Crippen molar-refractivity contribution < 1.29 is 14.4 Å². The second kappa shape index (κ2) is 7.59. The Morgan fingerprint density at radius 2 is 1.80 bits per heavy atom. The maximum Gasteiger partial charge on any atom is 0.261 e. The summed E-state index contributed by atoms with van der Waals surface area (Å²) in [4.78, 5) is 52.2. The fourth-order valence-corrected chi connectivity index (χ4v) is 3.97. The van der Waals surface area contributed by atoms with E-state index in [1.54, 1.807) is 42.5 Å². The number of aromatic nitrogens is 1. The maximum absolute atomic E-state index is 12.6. The first-order valence-electron chi connectivity index (χ1n) is 9.81. The van der Waals surface area contributed by atoms with Crippen LogP contribution in [0.15, 0.2) is 59.5 Å². The molecule has 3 amide bonds. The first kappa shape index (κ1) is 19.6. The third-order valence-corrected chi connectivity index (χ3v) is 5.80. The van der Waals surface area contributed by atoms with Gasteiger partial charge in [-0.05, 0) is 42.7 Å². The molecule has 0 spiro atoms. The molecule has 4 rings (SSSR count). The molecule has 1 aliphatic heterocycles. The Kier molecular flexibility index (Phi) is 4.95. The van der Waals surface area contributed by atoms with Crippen molar-refractivity contribution in [1.29, 1.82) is 0 Å². The number of fused-ring (bicyclic) bond motifs is 1. The zero-order valence-electron chi connectivity index (χ0n) is 16.5. The van der Waals surface area contributed by atoms with Crippen LogP contribution in [0.2, 0.25) is 0 Å². The third kappa shape index (κ3) is 3.28. The number of amides is 3. The molecule has 7 heteroatoms. The van der Waals surface area contributed by atoms with E-state index in [2.05, 4.69) is 15.6 Å².